The highest BCUT2D eigenvalue weighted by Gasteiger charge is 2.29. The molecule has 1 amide bonds. The number of carbonyl (C=O) groups excluding carboxylic acids is 1. The first-order chi connectivity index (χ1) is 14.0. The van der Waals surface area contributed by atoms with E-state index in [0.717, 1.165) is 11.3 Å². The van der Waals surface area contributed by atoms with E-state index in [0.29, 0.717) is 17.5 Å². The fourth-order valence-electron chi connectivity index (χ4n) is 3.14. The van der Waals surface area contributed by atoms with Gasteiger partial charge in [-0.25, -0.2) is 13.1 Å². The molecule has 0 bridgehead atoms. The minimum Gasteiger partial charge on any atom is -0.348 e. The number of benzene rings is 1. The first-order valence-corrected chi connectivity index (χ1v) is 10.9. The minimum atomic E-state index is -3.06. The number of nitrogens with zero attached hydrogens (tertiary/aromatic N) is 3. The molecule has 0 spiro atoms. The lowest BCUT2D eigenvalue weighted by Gasteiger charge is -2.12. The molecule has 2 aromatic heterocycles. The molecular formula is C21H18N4O3S. The largest absolute Gasteiger partial charge is 0.348 e. The quantitative estimate of drug-likeness (QED) is 0.667. The Morgan fingerprint density at radius 1 is 1.17 bits per heavy atom. The second kappa shape index (κ2) is 7.89. The van der Waals surface area contributed by atoms with Crippen LogP contribution in [0.5, 0.6) is 0 Å². The zero-order chi connectivity index (χ0) is 20.3. The summed E-state index contributed by atoms with van der Waals surface area (Å²) in [5, 5.41) is 7.05. The molecule has 1 aromatic carbocycles. The van der Waals surface area contributed by atoms with Gasteiger partial charge in [0.1, 0.15) is 0 Å². The van der Waals surface area contributed by atoms with Crippen LogP contribution in [0.1, 0.15) is 27.9 Å². The van der Waals surface area contributed by atoms with Crippen molar-refractivity contribution in [1.82, 2.24) is 20.1 Å². The van der Waals surface area contributed by atoms with Gasteiger partial charge in [0.25, 0.3) is 5.91 Å². The van der Waals surface area contributed by atoms with Crippen molar-refractivity contribution in [3.05, 3.63) is 77.9 Å². The van der Waals surface area contributed by atoms with Crippen molar-refractivity contribution in [2.45, 2.75) is 12.5 Å². The minimum absolute atomic E-state index is 0.0161. The molecule has 146 valence electrons. The Hall–Kier alpha value is -3.44. The number of sulfone groups is 1. The van der Waals surface area contributed by atoms with Gasteiger partial charge in [-0.1, -0.05) is 11.8 Å². The fraction of sp³-hybridized carbons (Fsp3) is 0.190. The molecule has 1 aliphatic heterocycles. The van der Waals surface area contributed by atoms with Gasteiger partial charge < -0.3 is 5.32 Å². The first-order valence-electron chi connectivity index (χ1n) is 9.08. The summed E-state index contributed by atoms with van der Waals surface area (Å²) in [6.45, 7) is 0. The van der Waals surface area contributed by atoms with Gasteiger partial charge >= 0.3 is 0 Å². The monoisotopic (exact) mass is 406 g/mol. The summed E-state index contributed by atoms with van der Waals surface area (Å²) in [6.07, 6.45) is 7.24. The summed E-state index contributed by atoms with van der Waals surface area (Å²) in [4.78, 5) is 16.7. The van der Waals surface area contributed by atoms with Gasteiger partial charge in [0, 0.05) is 42.0 Å². The van der Waals surface area contributed by atoms with Gasteiger partial charge in [0.05, 0.1) is 22.8 Å². The summed E-state index contributed by atoms with van der Waals surface area (Å²) >= 11 is 0. The van der Waals surface area contributed by atoms with E-state index in [1.807, 2.05) is 6.07 Å². The van der Waals surface area contributed by atoms with E-state index >= 15 is 0 Å². The lowest BCUT2D eigenvalue weighted by Crippen LogP contribution is -2.35. The van der Waals surface area contributed by atoms with Gasteiger partial charge in [0.2, 0.25) is 0 Å². The second-order valence-electron chi connectivity index (χ2n) is 6.75. The molecule has 0 saturated carbocycles. The highest BCUT2D eigenvalue weighted by molar-refractivity contribution is 7.91. The van der Waals surface area contributed by atoms with Crippen LogP contribution in [0.3, 0.4) is 0 Å². The predicted molar refractivity (Wildman–Crippen MR) is 108 cm³/mol. The van der Waals surface area contributed by atoms with E-state index in [9.17, 15) is 13.2 Å². The van der Waals surface area contributed by atoms with Gasteiger partial charge in [-0.2, -0.15) is 5.10 Å². The smallest absolute Gasteiger partial charge is 0.251 e. The van der Waals surface area contributed by atoms with Crippen LogP contribution < -0.4 is 5.32 Å². The summed E-state index contributed by atoms with van der Waals surface area (Å²) < 4.78 is 24.9. The third-order valence-corrected chi connectivity index (χ3v) is 6.35. The maximum Gasteiger partial charge on any atom is 0.251 e. The third kappa shape index (κ3) is 4.52. The van der Waals surface area contributed by atoms with Crippen LogP contribution in [0.2, 0.25) is 0 Å². The van der Waals surface area contributed by atoms with Crippen molar-refractivity contribution in [1.29, 1.82) is 0 Å². The molecule has 1 atom stereocenters. The van der Waals surface area contributed by atoms with E-state index in [1.54, 1.807) is 59.8 Å². The number of amides is 1. The Kier molecular flexibility index (Phi) is 5.14. The number of hydrogen-bond donors (Lipinski definition) is 1. The van der Waals surface area contributed by atoms with Crippen molar-refractivity contribution < 1.29 is 13.2 Å². The Bertz CT molecular complexity index is 1190. The normalized spacial score (nSPS) is 17.3. The van der Waals surface area contributed by atoms with Gasteiger partial charge in [-0.15, -0.1) is 0 Å². The van der Waals surface area contributed by atoms with Crippen molar-refractivity contribution >= 4 is 15.7 Å². The van der Waals surface area contributed by atoms with E-state index < -0.39 is 9.84 Å². The molecule has 4 rings (SSSR count). The van der Waals surface area contributed by atoms with Crippen molar-refractivity contribution in [2.75, 3.05) is 11.5 Å². The molecular weight excluding hydrogens is 388 g/mol. The van der Waals surface area contributed by atoms with Gasteiger partial charge in [-0.05, 0) is 42.8 Å². The molecule has 29 heavy (non-hydrogen) atoms. The fourth-order valence-corrected chi connectivity index (χ4v) is 4.82. The molecule has 1 N–H and O–H groups in total. The average molecular weight is 406 g/mol. The zero-order valence-electron chi connectivity index (χ0n) is 15.4. The molecule has 3 heterocycles. The summed E-state index contributed by atoms with van der Waals surface area (Å²) in [7, 11) is -3.06. The third-order valence-electron chi connectivity index (χ3n) is 4.58. The number of carbonyl (C=O) groups is 1. The van der Waals surface area contributed by atoms with Gasteiger partial charge in [-0.3, -0.25) is 9.78 Å². The SMILES string of the molecule is O=C(NC1CCS(=O)(=O)C1)c1ccc(-n2cccn2)c(C#Cc2cccnc2)c1. The van der Waals surface area contributed by atoms with Crippen LogP contribution in [0.25, 0.3) is 5.69 Å². The van der Waals surface area contributed by atoms with E-state index in [2.05, 4.69) is 27.2 Å². The topological polar surface area (TPSA) is 94.0 Å². The Morgan fingerprint density at radius 2 is 2.07 bits per heavy atom. The highest BCUT2D eigenvalue weighted by Crippen LogP contribution is 2.17. The van der Waals surface area contributed by atoms with Crippen LogP contribution >= 0.6 is 0 Å². The van der Waals surface area contributed by atoms with Crippen LogP contribution in [-0.4, -0.2) is 46.6 Å². The number of rotatable bonds is 3. The van der Waals surface area contributed by atoms with E-state index in [-0.39, 0.29) is 23.5 Å². The molecule has 0 radical (unpaired) electrons. The summed E-state index contributed by atoms with van der Waals surface area (Å²) in [5.74, 6) is 5.92. The number of aromatic nitrogens is 3. The molecule has 7 nitrogen and oxygen atoms in total. The maximum absolute atomic E-state index is 12.6. The van der Waals surface area contributed by atoms with Crippen LogP contribution in [0.4, 0.5) is 0 Å². The molecule has 3 aromatic rings. The zero-order valence-corrected chi connectivity index (χ0v) is 16.3. The molecule has 1 fully saturated rings. The molecule has 1 aliphatic rings. The Morgan fingerprint density at radius 3 is 2.76 bits per heavy atom. The summed E-state index contributed by atoms with van der Waals surface area (Å²) in [5.41, 5.74) is 2.54. The first kappa shape index (κ1) is 18.9. The predicted octanol–water partition coefficient (Wildman–Crippen LogP) is 1.58. The molecule has 0 aliphatic carbocycles. The lowest BCUT2D eigenvalue weighted by atomic mass is 10.1. The highest BCUT2D eigenvalue weighted by atomic mass is 32.2. The molecule has 8 heteroatoms. The number of nitrogens with one attached hydrogen (secondary N) is 1. The van der Waals surface area contributed by atoms with Crippen LogP contribution in [0, 0.1) is 11.8 Å². The van der Waals surface area contributed by atoms with Crippen LogP contribution in [0.15, 0.2) is 61.2 Å². The number of pyridine rings is 1. The van der Waals surface area contributed by atoms with E-state index in [1.165, 1.54) is 0 Å². The van der Waals surface area contributed by atoms with Crippen molar-refractivity contribution in [3.8, 4) is 17.5 Å². The van der Waals surface area contributed by atoms with Crippen molar-refractivity contribution in [2.24, 2.45) is 0 Å². The molecule has 1 unspecified atom stereocenters. The Balaban J connectivity index is 1.64. The second-order valence-corrected chi connectivity index (χ2v) is 8.98. The Labute approximate surface area is 168 Å². The standard InChI is InChI=1S/C21H18N4O3S/c26-21(24-19-8-12-29(27,28)15-19)18-6-7-20(25-11-2-10-23-25)17(13-18)5-4-16-3-1-9-22-14-16/h1-3,6-7,9-11,13-14,19H,8,12,15H2,(H,24,26). The number of hydrogen-bond acceptors (Lipinski definition) is 5. The summed E-state index contributed by atoms with van der Waals surface area (Å²) in [6, 6.07) is 10.3. The van der Waals surface area contributed by atoms with E-state index in [4.69, 9.17) is 0 Å². The lowest BCUT2D eigenvalue weighted by molar-refractivity contribution is 0.0941. The van der Waals surface area contributed by atoms with Gasteiger partial charge in [0.15, 0.2) is 9.84 Å². The maximum atomic E-state index is 12.6. The molecule has 1 saturated heterocycles. The van der Waals surface area contributed by atoms with Crippen molar-refractivity contribution in [3.63, 3.8) is 0 Å². The van der Waals surface area contributed by atoms with Crippen LogP contribution in [-0.2, 0) is 9.84 Å². The average Bonchev–Trinajstić information content (AvgIpc) is 3.36.